The molecule has 0 spiro atoms. The summed E-state index contributed by atoms with van der Waals surface area (Å²) in [6.45, 7) is -2.35. The summed E-state index contributed by atoms with van der Waals surface area (Å²) in [6.07, 6.45) is -26.7. The molecule has 3 aliphatic heterocycles. The van der Waals surface area contributed by atoms with Gasteiger partial charge < -0.3 is 99.2 Å². The van der Waals surface area contributed by atoms with Crippen LogP contribution in [-0.4, -0.2) is 178 Å². The molecule has 21 heteroatoms. The van der Waals surface area contributed by atoms with Crippen LogP contribution in [0, 0.1) is 0 Å². The van der Waals surface area contributed by atoms with Gasteiger partial charge in [0.1, 0.15) is 101 Å². The lowest BCUT2D eigenvalue weighted by Crippen LogP contribution is -2.65. The van der Waals surface area contributed by atoms with E-state index in [1.807, 2.05) is 0 Å². The maximum Gasteiger partial charge on any atom is 0.238 e. The number of benzene rings is 2. The number of hydrogen-bond donors (Lipinski definition) is 13. The van der Waals surface area contributed by atoms with Gasteiger partial charge in [-0.2, -0.15) is 0 Å². The zero-order valence-electron chi connectivity index (χ0n) is 27.8. The molecule has 1 aromatic heterocycles. The predicted octanol–water partition coefficient (Wildman–Crippen LogP) is -4.60. The summed E-state index contributed by atoms with van der Waals surface area (Å²) in [5, 5.41) is 134. The van der Waals surface area contributed by atoms with Gasteiger partial charge in [-0.05, 0) is 24.3 Å². The molecule has 0 saturated carbocycles. The smallest absolute Gasteiger partial charge is 0.238 e. The molecule has 3 fully saturated rings. The van der Waals surface area contributed by atoms with E-state index in [9.17, 15) is 71.2 Å². The number of hydrogen-bond acceptors (Lipinski definition) is 21. The minimum Gasteiger partial charge on any atom is -0.508 e. The van der Waals surface area contributed by atoms with Crippen molar-refractivity contribution < 1.29 is 99.2 Å². The highest BCUT2D eigenvalue weighted by Crippen LogP contribution is 2.38. The molecular formula is C33H40O21. The van der Waals surface area contributed by atoms with E-state index in [1.54, 1.807) is 0 Å². The van der Waals surface area contributed by atoms with Gasteiger partial charge in [0, 0.05) is 17.7 Å². The van der Waals surface area contributed by atoms with Crippen LogP contribution < -0.4 is 10.2 Å². The third-order valence-corrected chi connectivity index (χ3v) is 9.36. The number of aromatic hydroxyl groups is 3. The lowest BCUT2D eigenvalue weighted by molar-refractivity contribution is -0.358. The van der Waals surface area contributed by atoms with Crippen molar-refractivity contribution in [2.45, 2.75) is 92.1 Å². The fraction of sp³-hybridized carbons (Fsp3) is 0.545. The first-order valence-corrected chi connectivity index (χ1v) is 16.5. The highest BCUT2D eigenvalue weighted by molar-refractivity contribution is 5.88. The quantitative estimate of drug-likeness (QED) is 0.0922. The van der Waals surface area contributed by atoms with Crippen LogP contribution in [0.1, 0.15) is 0 Å². The van der Waals surface area contributed by atoms with Gasteiger partial charge in [-0.15, -0.1) is 0 Å². The molecule has 0 aliphatic carbocycles. The van der Waals surface area contributed by atoms with Gasteiger partial charge in [-0.1, -0.05) is 0 Å². The maximum absolute atomic E-state index is 13.1. The van der Waals surface area contributed by atoms with E-state index in [1.165, 1.54) is 24.3 Å². The Morgan fingerprint density at radius 1 is 0.630 bits per heavy atom. The van der Waals surface area contributed by atoms with Crippen LogP contribution in [0.3, 0.4) is 0 Å². The zero-order chi connectivity index (χ0) is 39.2. The lowest BCUT2D eigenvalue weighted by atomic mass is 9.96. The van der Waals surface area contributed by atoms with Crippen molar-refractivity contribution in [2.24, 2.45) is 0 Å². The van der Waals surface area contributed by atoms with Crippen molar-refractivity contribution in [1.82, 2.24) is 0 Å². The second kappa shape index (κ2) is 16.2. The van der Waals surface area contributed by atoms with Crippen LogP contribution in [0.5, 0.6) is 23.0 Å². The fourth-order valence-corrected chi connectivity index (χ4v) is 6.30. The van der Waals surface area contributed by atoms with E-state index in [-0.39, 0.29) is 28.4 Å². The minimum atomic E-state index is -2.02. The molecule has 3 aromatic rings. The Labute approximate surface area is 303 Å². The van der Waals surface area contributed by atoms with Crippen LogP contribution in [0.25, 0.3) is 22.3 Å². The fourth-order valence-electron chi connectivity index (χ4n) is 6.30. The highest BCUT2D eigenvalue weighted by atomic mass is 16.7. The van der Waals surface area contributed by atoms with Crippen LogP contribution in [0.2, 0.25) is 0 Å². The summed E-state index contributed by atoms with van der Waals surface area (Å²) in [5.41, 5.74) is -1.18. The van der Waals surface area contributed by atoms with Crippen molar-refractivity contribution in [3.05, 3.63) is 46.6 Å². The van der Waals surface area contributed by atoms with Crippen LogP contribution in [0.15, 0.2) is 45.6 Å². The Morgan fingerprint density at radius 3 is 1.81 bits per heavy atom. The Hall–Kier alpha value is -3.75. The van der Waals surface area contributed by atoms with Gasteiger partial charge in [0.25, 0.3) is 0 Å². The average Bonchev–Trinajstić information content (AvgIpc) is 3.15. The Bertz CT molecular complexity index is 1800. The lowest BCUT2D eigenvalue weighted by Gasteiger charge is -2.46. The molecule has 0 unspecified atom stereocenters. The van der Waals surface area contributed by atoms with Crippen LogP contribution >= 0.6 is 0 Å². The molecule has 0 amide bonds. The van der Waals surface area contributed by atoms with Crippen molar-refractivity contribution in [1.29, 1.82) is 0 Å². The Kier molecular flexibility index (Phi) is 11.9. The zero-order valence-corrected chi connectivity index (χ0v) is 27.8. The molecule has 0 bridgehead atoms. The molecular weight excluding hydrogens is 732 g/mol. The second-order valence-corrected chi connectivity index (χ2v) is 12.9. The number of phenolic OH excluding ortho intramolecular Hbond substituents is 2. The molecule has 298 valence electrons. The average molecular weight is 773 g/mol. The van der Waals surface area contributed by atoms with Gasteiger partial charge in [0.15, 0.2) is 18.3 Å². The Morgan fingerprint density at radius 2 is 1.20 bits per heavy atom. The number of aliphatic hydroxyl groups excluding tert-OH is 10. The van der Waals surface area contributed by atoms with Crippen LogP contribution in [-0.2, 0) is 23.7 Å². The first-order valence-electron chi connectivity index (χ1n) is 16.5. The first-order chi connectivity index (χ1) is 25.6. The minimum absolute atomic E-state index is 0.114. The molecule has 0 radical (unpaired) electrons. The number of phenols is 2. The number of ether oxygens (including phenoxy) is 6. The molecule has 13 N–H and O–H groups in total. The molecule has 54 heavy (non-hydrogen) atoms. The summed E-state index contributed by atoms with van der Waals surface area (Å²) in [4.78, 5) is 13.1. The van der Waals surface area contributed by atoms with Gasteiger partial charge in [-0.25, -0.2) is 0 Å². The normalized spacial score (nSPS) is 37.3. The van der Waals surface area contributed by atoms with E-state index in [2.05, 4.69) is 0 Å². The molecule has 2 aromatic carbocycles. The van der Waals surface area contributed by atoms with E-state index in [0.717, 1.165) is 12.1 Å². The molecule has 4 heterocycles. The first kappa shape index (κ1) is 39.9. The summed E-state index contributed by atoms with van der Waals surface area (Å²) in [7, 11) is 0. The third-order valence-electron chi connectivity index (χ3n) is 9.36. The summed E-state index contributed by atoms with van der Waals surface area (Å²) in [5.74, 6) is -2.37. The van der Waals surface area contributed by atoms with Gasteiger partial charge in [-0.3, -0.25) is 4.79 Å². The highest BCUT2D eigenvalue weighted by Gasteiger charge is 2.52. The molecule has 3 saturated heterocycles. The van der Waals surface area contributed by atoms with E-state index >= 15 is 0 Å². The number of fused-ring (bicyclic) bond motifs is 1. The molecule has 21 nitrogen and oxygen atoms in total. The van der Waals surface area contributed by atoms with Crippen LogP contribution in [0.4, 0.5) is 0 Å². The number of rotatable bonds is 10. The Balaban J connectivity index is 1.30. The summed E-state index contributed by atoms with van der Waals surface area (Å²) in [6, 6.07) is 7.23. The standard InChI is InChI=1S/C33H40O21/c34-7-15-19(38)23(42)26(45)31(51-15)48-9-17-21(40)30(54-32-27(46)24(43)20(39)16(8-35)52-32)28(47)33(53-17)49-12-5-13(37)18-14(6-12)50-29(25(44)22(18)41)10-1-3-11(36)4-2-10/h1-6,15-17,19-21,23-24,26-28,30-40,42-47H,7-9H2/t15-,16-,17-,19-,20-,21-,23+,24+,26-,27-,28-,30+,31-,32+,33-/m1/s1. The summed E-state index contributed by atoms with van der Waals surface area (Å²) >= 11 is 0. The second-order valence-electron chi connectivity index (χ2n) is 12.9. The predicted molar refractivity (Wildman–Crippen MR) is 173 cm³/mol. The van der Waals surface area contributed by atoms with Gasteiger partial charge >= 0.3 is 0 Å². The number of aliphatic hydroxyl groups is 10. The van der Waals surface area contributed by atoms with Gasteiger partial charge in [0.05, 0.1) is 19.8 Å². The topological polar surface area (TPSA) is 349 Å². The summed E-state index contributed by atoms with van der Waals surface area (Å²) < 4.78 is 39.2. The van der Waals surface area contributed by atoms with E-state index in [0.29, 0.717) is 0 Å². The monoisotopic (exact) mass is 772 g/mol. The van der Waals surface area contributed by atoms with Crippen molar-refractivity contribution in [3.8, 4) is 34.3 Å². The van der Waals surface area contributed by atoms with E-state index in [4.69, 9.17) is 32.8 Å². The molecule has 3 aliphatic rings. The van der Waals surface area contributed by atoms with Crippen molar-refractivity contribution >= 4 is 11.0 Å². The van der Waals surface area contributed by atoms with Crippen molar-refractivity contribution in [3.63, 3.8) is 0 Å². The SMILES string of the molecule is O=c1c(O)c(-c2ccc(O)cc2)oc2cc(O[C@@H]3O[C@H](CO[C@@H]4O[C@H](CO)[C@@H](O)[C@H](O)[C@H]4O)[C@@H](O)[C@H](O[C@@H]4O[C@H](CO)[C@@H](O)[C@H](O)[C@H]4O)[C@H]3O)cc(O)c12. The molecule has 6 rings (SSSR count). The maximum atomic E-state index is 13.1. The van der Waals surface area contributed by atoms with Gasteiger partial charge in [0.2, 0.25) is 17.5 Å². The third kappa shape index (κ3) is 7.58. The van der Waals surface area contributed by atoms with Crippen molar-refractivity contribution in [2.75, 3.05) is 19.8 Å². The largest absolute Gasteiger partial charge is 0.508 e. The molecule has 15 atom stereocenters. The van der Waals surface area contributed by atoms with E-state index < -0.39 is 134 Å².